The number of hydrogen-bond donors (Lipinski definition) is 0. The van der Waals surface area contributed by atoms with Crippen LogP contribution in [0.2, 0.25) is 0 Å². The van der Waals surface area contributed by atoms with E-state index in [2.05, 4.69) is 15.0 Å². The predicted molar refractivity (Wildman–Crippen MR) is 84.0 cm³/mol. The topological polar surface area (TPSA) is 63.5 Å². The van der Waals surface area contributed by atoms with Crippen molar-refractivity contribution in [1.29, 1.82) is 0 Å². The van der Waals surface area contributed by atoms with E-state index in [4.69, 9.17) is 4.74 Å². The van der Waals surface area contributed by atoms with Crippen LogP contribution in [0, 0.1) is 0 Å². The van der Waals surface area contributed by atoms with Crippen LogP contribution < -0.4 is 0 Å². The molecule has 0 radical (unpaired) electrons. The predicted octanol–water partition coefficient (Wildman–Crippen LogP) is 0.675. The number of carbonyl (C=O) groups excluding carboxylic acids is 1. The number of carbonyl (C=O) groups is 1. The molecular formula is C16H25N5O2. The summed E-state index contributed by atoms with van der Waals surface area (Å²) in [5.74, 6) is 0.236. The molecule has 3 saturated heterocycles. The van der Waals surface area contributed by atoms with Gasteiger partial charge in [-0.05, 0) is 45.2 Å². The second-order valence-corrected chi connectivity index (χ2v) is 7.13. The first-order valence-electron chi connectivity index (χ1n) is 8.68. The Morgan fingerprint density at radius 2 is 2.00 bits per heavy atom. The third-order valence-electron chi connectivity index (χ3n) is 5.60. The molecule has 4 heterocycles. The lowest BCUT2D eigenvalue weighted by molar-refractivity contribution is -0.0394. The number of nitrogens with zero attached hydrogens (tertiary/aromatic N) is 5. The number of amides is 1. The molecule has 4 rings (SSSR count). The molecule has 3 aliphatic rings. The number of aromatic nitrogens is 3. The van der Waals surface area contributed by atoms with Crippen molar-refractivity contribution in [3.63, 3.8) is 0 Å². The van der Waals surface area contributed by atoms with Crippen molar-refractivity contribution >= 4 is 5.91 Å². The van der Waals surface area contributed by atoms with Crippen molar-refractivity contribution in [2.75, 3.05) is 32.8 Å². The van der Waals surface area contributed by atoms with E-state index in [0.29, 0.717) is 11.9 Å². The smallest absolute Gasteiger partial charge is 0.293 e. The minimum Gasteiger partial charge on any atom is -0.373 e. The van der Waals surface area contributed by atoms with Gasteiger partial charge < -0.3 is 9.64 Å². The highest BCUT2D eigenvalue weighted by molar-refractivity contribution is 5.90. The maximum atomic E-state index is 12.4. The molecule has 3 fully saturated rings. The standard InChI is InChI=1S/C16H25N5O2/c1-19-12-17-14(18-19)15(22)21-8-4-16(5-9-21)10-13(11-23-16)20-6-2-3-7-20/h12-13H,2-11H2,1H3. The molecule has 1 aromatic heterocycles. The summed E-state index contributed by atoms with van der Waals surface area (Å²) in [4.78, 5) is 21.0. The van der Waals surface area contributed by atoms with Crippen molar-refractivity contribution in [1.82, 2.24) is 24.6 Å². The maximum absolute atomic E-state index is 12.4. The zero-order valence-corrected chi connectivity index (χ0v) is 13.8. The summed E-state index contributed by atoms with van der Waals surface area (Å²) < 4.78 is 7.80. The van der Waals surface area contributed by atoms with Gasteiger partial charge in [-0.25, -0.2) is 4.98 Å². The van der Waals surface area contributed by atoms with Crippen molar-refractivity contribution < 1.29 is 9.53 Å². The molecule has 0 aliphatic carbocycles. The maximum Gasteiger partial charge on any atom is 0.293 e. The van der Waals surface area contributed by atoms with E-state index in [1.807, 2.05) is 4.90 Å². The van der Waals surface area contributed by atoms with Gasteiger partial charge in [0.05, 0.1) is 12.2 Å². The first-order valence-corrected chi connectivity index (χ1v) is 8.68. The van der Waals surface area contributed by atoms with Crippen molar-refractivity contribution in [2.45, 2.75) is 43.7 Å². The Bertz CT molecular complexity index is 573. The van der Waals surface area contributed by atoms with E-state index in [-0.39, 0.29) is 11.5 Å². The minimum absolute atomic E-state index is 0.0123. The molecule has 1 unspecified atom stereocenters. The normalized spacial score (nSPS) is 27.9. The lowest BCUT2D eigenvalue weighted by atomic mass is 9.87. The zero-order valence-electron chi connectivity index (χ0n) is 13.8. The number of hydrogen-bond acceptors (Lipinski definition) is 5. The molecule has 1 spiro atoms. The third kappa shape index (κ3) is 2.87. The summed E-state index contributed by atoms with van der Waals surface area (Å²) in [5, 5.41) is 4.12. The summed E-state index contributed by atoms with van der Waals surface area (Å²) in [6.45, 7) is 4.78. The van der Waals surface area contributed by atoms with E-state index in [1.54, 1.807) is 18.1 Å². The molecule has 0 aromatic carbocycles. The second kappa shape index (κ2) is 5.87. The second-order valence-electron chi connectivity index (χ2n) is 7.13. The molecule has 1 aromatic rings. The molecule has 3 aliphatic heterocycles. The van der Waals surface area contributed by atoms with Gasteiger partial charge in [0.15, 0.2) is 0 Å². The number of rotatable bonds is 2. The monoisotopic (exact) mass is 319 g/mol. The number of aryl methyl sites for hydroxylation is 1. The Kier molecular flexibility index (Phi) is 3.85. The Morgan fingerprint density at radius 3 is 2.65 bits per heavy atom. The van der Waals surface area contributed by atoms with Crippen LogP contribution in [0.1, 0.15) is 42.7 Å². The Labute approximate surface area is 136 Å². The fourth-order valence-electron chi connectivity index (χ4n) is 4.21. The third-order valence-corrected chi connectivity index (χ3v) is 5.60. The van der Waals surface area contributed by atoms with Gasteiger partial charge in [-0.1, -0.05) is 0 Å². The highest BCUT2D eigenvalue weighted by Crippen LogP contribution is 2.38. The SMILES string of the molecule is Cn1cnc(C(=O)N2CCC3(CC2)CC(N2CCCC2)CO3)n1. The van der Waals surface area contributed by atoms with Crippen molar-refractivity contribution in [2.24, 2.45) is 7.05 Å². The molecule has 0 saturated carbocycles. The van der Waals surface area contributed by atoms with Crippen LogP contribution >= 0.6 is 0 Å². The summed E-state index contributed by atoms with van der Waals surface area (Å²) in [6, 6.07) is 0.581. The van der Waals surface area contributed by atoms with E-state index >= 15 is 0 Å². The quantitative estimate of drug-likeness (QED) is 0.802. The Hall–Kier alpha value is -1.47. The molecule has 1 amide bonds. The van der Waals surface area contributed by atoms with E-state index in [0.717, 1.165) is 39.0 Å². The van der Waals surface area contributed by atoms with Gasteiger partial charge in [0, 0.05) is 26.2 Å². The number of piperidine rings is 1. The molecule has 23 heavy (non-hydrogen) atoms. The lowest BCUT2D eigenvalue weighted by Crippen LogP contribution is -2.47. The summed E-state index contributed by atoms with van der Waals surface area (Å²) in [6.07, 6.45) is 7.19. The van der Waals surface area contributed by atoms with Crippen LogP contribution in [0.5, 0.6) is 0 Å². The summed E-state index contributed by atoms with van der Waals surface area (Å²) in [7, 11) is 1.78. The average Bonchev–Trinajstić information content (AvgIpc) is 3.28. The van der Waals surface area contributed by atoms with Gasteiger partial charge in [0.2, 0.25) is 5.82 Å². The van der Waals surface area contributed by atoms with E-state index in [9.17, 15) is 4.79 Å². The average molecular weight is 319 g/mol. The van der Waals surface area contributed by atoms with Crippen molar-refractivity contribution in [3.8, 4) is 0 Å². The van der Waals surface area contributed by atoms with Gasteiger partial charge in [0.1, 0.15) is 6.33 Å². The minimum atomic E-state index is -0.0606. The fourth-order valence-corrected chi connectivity index (χ4v) is 4.21. The van der Waals surface area contributed by atoms with Crippen LogP contribution in [-0.4, -0.2) is 74.9 Å². The Morgan fingerprint density at radius 1 is 1.26 bits per heavy atom. The van der Waals surface area contributed by atoms with Gasteiger partial charge in [0.25, 0.3) is 5.91 Å². The van der Waals surface area contributed by atoms with Crippen LogP contribution in [0.25, 0.3) is 0 Å². The van der Waals surface area contributed by atoms with Crippen LogP contribution in [0.4, 0.5) is 0 Å². The molecule has 7 nitrogen and oxygen atoms in total. The van der Waals surface area contributed by atoms with Crippen LogP contribution in [-0.2, 0) is 11.8 Å². The Balaban J connectivity index is 1.35. The molecule has 0 bridgehead atoms. The molecule has 0 N–H and O–H groups in total. The van der Waals surface area contributed by atoms with Gasteiger partial charge >= 0.3 is 0 Å². The van der Waals surface area contributed by atoms with Gasteiger partial charge in [-0.15, -0.1) is 5.10 Å². The number of ether oxygens (including phenoxy) is 1. The molecular weight excluding hydrogens is 294 g/mol. The fraction of sp³-hybridized carbons (Fsp3) is 0.812. The van der Waals surface area contributed by atoms with Crippen molar-refractivity contribution in [3.05, 3.63) is 12.2 Å². The molecule has 1 atom stereocenters. The first kappa shape index (κ1) is 15.1. The molecule has 126 valence electrons. The van der Waals surface area contributed by atoms with Gasteiger partial charge in [-0.2, -0.15) is 0 Å². The summed E-state index contributed by atoms with van der Waals surface area (Å²) >= 11 is 0. The number of likely N-dealkylation sites (tertiary alicyclic amines) is 2. The van der Waals surface area contributed by atoms with Crippen LogP contribution in [0.15, 0.2) is 6.33 Å². The first-order chi connectivity index (χ1) is 11.2. The zero-order chi connectivity index (χ0) is 15.9. The van der Waals surface area contributed by atoms with E-state index in [1.165, 1.54) is 25.9 Å². The summed E-state index contributed by atoms with van der Waals surface area (Å²) in [5.41, 5.74) is -0.0123. The lowest BCUT2D eigenvalue weighted by Gasteiger charge is -2.38. The van der Waals surface area contributed by atoms with E-state index < -0.39 is 0 Å². The largest absolute Gasteiger partial charge is 0.373 e. The van der Waals surface area contributed by atoms with Crippen LogP contribution in [0.3, 0.4) is 0 Å². The molecule has 7 heteroatoms. The van der Waals surface area contributed by atoms with Gasteiger partial charge in [-0.3, -0.25) is 14.4 Å². The highest BCUT2D eigenvalue weighted by atomic mass is 16.5. The highest BCUT2D eigenvalue weighted by Gasteiger charge is 2.45.